The number of nitrogens with one attached hydrogen (secondary N) is 2. The minimum absolute atomic E-state index is 0.546. The van der Waals surface area contributed by atoms with Crippen molar-refractivity contribution in [2.24, 2.45) is 0 Å². The number of amides is 4. The third kappa shape index (κ3) is 4.16. The zero-order chi connectivity index (χ0) is 15.1. The van der Waals surface area contributed by atoms with Crippen molar-refractivity contribution in [1.29, 1.82) is 5.41 Å². The molecule has 1 rings (SSSR count). The number of methoxy groups -OCH3 is 1. The summed E-state index contributed by atoms with van der Waals surface area (Å²) in [5, 5.41) is 7.52. The van der Waals surface area contributed by atoms with Gasteiger partial charge in [0.15, 0.2) is 0 Å². The molecule has 0 atom stereocenters. The van der Waals surface area contributed by atoms with E-state index in [9.17, 15) is 9.59 Å². The molecule has 0 aliphatic carbocycles. The molecule has 0 saturated heterocycles. The van der Waals surface area contributed by atoms with Crippen LogP contribution < -0.4 is 4.72 Å². The van der Waals surface area contributed by atoms with Crippen LogP contribution in [0, 0.1) is 5.41 Å². The molecule has 0 unspecified atom stereocenters. The van der Waals surface area contributed by atoms with Crippen LogP contribution in [-0.2, 0) is 4.74 Å². The third-order valence-corrected chi connectivity index (χ3v) is 2.96. The Hall–Kier alpha value is -2.22. The molecule has 0 spiro atoms. The van der Waals surface area contributed by atoms with Crippen LogP contribution in [0.15, 0.2) is 35.2 Å². The maximum absolute atomic E-state index is 12.0. The van der Waals surface area contributed by atoms with Gasteiger partial charge in [-0.3, -0.25) is 10.1 Å². The van der Waals surface area contributed by atoms with Crippen molar-refractivity contribution in [3.63, 3.8) is 0 Å². The number of hydrogen-bond acceptors (Lipinski definition) is 5. The van der Waals surface area contributed by atoms with Crippen molar-refractivity contribution in [1.82, 2.24) is 14.5 Å². The summed E-state index contributed by atoms with van der Waals surface area (Å²) in [5.74, 6) is 0. The van der Waals surface area contributed by atoms with Gasteiger partial charge in [0.2, 0.25) is 0 Å². The molecule has 0 fully saturated rings. The molecule has 0 bridgehead atoms. The van der Waals surface area contributed by atoms with E-state index in [2.05, 4.69) is 9.46 Å². The lowest BCUT2D eigenvalue weighted by Crippen LogP contribution is -2.50. The Morgan fingerprint density at radius 1 is 1.25 bits per heavy atom. The summed E-state index contributed by atoms with van der Waals surface area (Å²) in [4.78, 5) is 26.4. The van der Waals surface area contributed by atoms with E-state index in [1.54, 1.807) is 0 Å². The zero-order valence-corrected chi connectivity index (χ0v) is 12.2. The van der Waals surface area contributed by atoms with Gasteiger partial charge in [0.25, 0.3) is 0 Å². The summed E-state index contributed by atoms with van der Waals surface area (Å²) in [6, 6.07) is 7.18. The van der Waals surface area contributed by atoms with Crippen molar-refractivity contribution in [2.75, 3.05) is 21.2 Å². The predicted molar refractivity (Wildman–Crippen MR) is 76.5 cm³/mol. The highest BCUT2D eigenvalue weighted by molar-refractivity contribution is 7.98. The first-order valence-corrected chi connectivity index (χ1v) is 6.44. The second-order valence-electron chi connectivity index (χ2n) is 3.84. The lowest BCUT2D eigenvalue weighted by molar-refractivity contribution is 0.180. The molecule has 0 saturated carbocycles. The molecular weight excluding hydrogens is 280 g/mol. The zero-order valence-electron chi connectivity index (χ0n) is 11.4. The topological polar surface area (TPSA) is 85.7 Å². The van der Waals surface area contributed by atoms with Gasteiger partial charge in [-0.05, 0) is 24.1 Å². The number of amidine groups is 1. The Morgan fingerprint density at radius 2 is 1.85 bits per heavy atom. The normalized spacial score (nSPS) is 9.55. The number of urea groups is 2. The van der Waals surface area contributed by atoms with Gasteiger partial charge in [0.1, 0.15) is 0 Å². The van der Waals surface area contributed by atoms with Crippen molar-refractivity contribution in [3.8, 4) is 0 Å². The van der Waals surface area contributed by atoms with E-state index in [1.807, 2.05) is 30.3 Å². The molecule has 4 amide bonds. The highest BCUT2D eigenvalue weighted by Gasteiger charge is 2.28. The van der Waals surface area contributed by atoms with Crippen LogP contribution in [0.2, 0.25) is 0 Å². The average molecular weight is 296 g/mol. The summed E-state index contributed by atoms with van der Waals surface area (Å²) in [7, 11) is 4.18. The Bertz CT molecular complexity index is 493. The first-order valence-electron chi connectivity index (χ1n) is 5.63. The predicted octanol–water partition coefficient (Wildman–Crippen LogP) is 1.97. The molecule has 0 aliphatic rings. The second-order valence-corrected chi connectivity index (χ2v) is 4.72. The van der Waals surface area contributed by atoms with Crippen molar-refractivity contribution >= 4 is 30.0 Å². The van der Waals surface area contributed by atoms with Crippen LogP contribution in [0.4, 0.5) is 9.59 Å². The van der Waals surface area contributed by atoms with Crippen LogP contribution in [-0.4, -0.2) is 49.1 Å². The van der Waals surface area contributed by atoms with E-state index in [1.165, 1.54) is 26.1 Å². The molecule has 20 heavy (non-hydrogen) atoms. The van der Waals surface area contributed by atoms with E-state index in [-0.39, 0.29) is 0 Å². The Morgan fingerprint density at radius 3 is 2.35 bits per heavy atom. The second kappa shape index (κ2) is 7.39. The van der Waals surface area contributed by atoms with Gasteiger partial charge < -0.3 is 9.64 Å². The smallest absolute Gasteiger partial charge is 0.344 e. The highest BCUT2D eigenvalue weighted by Crippen LogP contribution is 2.14. The van der Waals surface area contributed by atoms with E-state index in [4.69, 9.17) is 5.41 Å². The fraction of sp³-hybridized carbons (Fsp3) is 0.250. The number of nitrogens with zero attached hydrogens (tertiary/aromatic N) is 2. The van der Waals surface area contributed by atoms with Gasteiger partial charge in [0.05, 0.1) is 7.11 Å². The minimum atomic E-state index is -0.746. The molecule has 0 aromatic heterocycles. The molecule has 1 aromatic rings. The van der Waals surface area contributed by atoms with Crippen LogP contribution in [0.3, 0.4) is 0 Å². The summed E-state index contributed by atoms with van der Waals surface area (Å²) in [6.07, 6.45) is 0. The van der Waals surface area contributed by atoms with Crippen LogP contribution >= 0.6 is 11.9 Å². The number of carbonyl (C=O) groups excluding carboxylic acids is 2. The molecule has 108 valence electrons. The molecule has 2 N–H and O–H groups in total. The van der Waals surface area contributed by atoms with Crippen molar-refractivity contribution in [2.45, 2.75) is 4.90 Å². The van der Waals surface area contributed by atoms with Gasteiger partial charge >= 0.3 is 18.1 Å². The fourth-order valence-corrected chi connectivity index (χ4v) is 1.78. The van der Waals surface area contributed by atoms with Gasteiger partial charge in [-0.1, -0.05) is 18.2 Å². The van der Waals surface area contributed by atoms with Crippen molar-refractivity contribution in [3.05, 3.63) is 30.3 Å². The Kier molecular flexibility index (Phi) is 5.85. The maximum Gasteiger partial charge on any atom is 0.344 e. The van der Waals surface area contributed by atoms with E-state index < -0.39 is 18.1 Å². The van der Waals surface area contributed by atoms with Crippen molar-refractivity contribution < 1.29 is 14.3 Å². The van der Waals surface area contributed by atoms with Crippen LogP contribution in [0.1, 0.15) is 0 Å². The summed E-state index contributed by atoms with van der Waals surface area (Å²) >= 11 is 1.05. The fourth-order valence-electron chi connectivity index (χ4n) is 1.19. The standard InChI is InChI=1S/C12H16N4O3S/c1-15(2)12(18)16(10(13)19-3)11(17)14-20-9-7-5-4-6-8-9/h4-8,13H,1-3H3,(H,14,17). The first-order chi connectivity index (χ1) is 9.47. The lowest BCUT2D eigenvalue weighted by atomic mass is 10.4. The molecule has 0 radical (unpaired) electrons. The molecule has 0 aliphatic heterocycles. The highest BCUT2D eigenvalue weighted by atomic mass is 32.2. The minimum Gasteiger partial charge on any atom is -0.468 e. The van der Waals surface area contributed by atoms with E-state index >= 15 is 0 Å². The van der Waals surface area contributed by atoms with Gasteiger partial charge in [-0.2, -0.15) is 4.90 Å². The molecule has 8 heteroatoms. The first kappa shape index (κ1) is 15.8. The maximum atomic E-state index is 12.0. The van der Waals surface area contributed by atoms with Gasteiger partial charge in [-0.15, -0.1) is 0 Å². The monoisotopic (exact) mass is 296 g/mol. The Labute approximate surface area is 121 Å². The van der Waals surface area contributed by atoms with Gasteiger partial charge in [-0.25, -0.2) is 9.59 Å². The summed E-state index contributed by atoms with van der Waals surface area (Å²) in [5.41, 5.74) is 0. The molecule has 7 nitrogen and oxygen atoms in total. The number of hydrogen-bond donors (Lipinski definition) is 2. The third-order valence-electron chi connectivity index (χ3n) is 2.17. The van der Waals surface area contributed by atoms with E-state index in [0.717, 1.165) is 16.8 Å². The lowest BCUT2D eigenvalue weighted by Gasteiger charge is -2.23. The van der Waals surface area contributed by atoms with Crippen LogP contribution in [0.5, 0.6) is 0 Å². The average Bonchev–Trinajstić information content (AvgIpc) is 2.45. The SMILES string of the molecule is COC(=N)N(C(=O)NSc1ccccc1)C(=O)N(C)C. The quantitative estimate of drug-likeness (QED) is 0.496. The van der Waals surface area contributed by atoms with E-state index in [0.29, 0.717) is 4.90 Å². The summed E-state index contributed by atoms with van der Waals surface area (Å²) < 4.78 is 7.13. The largest absolute Gasteiger partial charge is 0.468 e. The Balaban J connectivity index is 2.74. The number of imide groups is 1. The molecule has 0 heterocycles. The number of benzene rings is 1. The number of carbonyl (C=O) groups is 2. The van der Waals surface area contributed by atoms with Gasteiger partial charge in [0, 0.05) is 19.0 Å². The summed E-state index contributed by atoms with van der Waals surface area (Å²) in [6.45, 7) is 0. The number of ether oxygens (including phenoxy) is 1. The number of rotatable bonds is 2. The van der Waals surface area contributed by atoms with Crippen LogP contribution in [0.25, 0.3) is 0 Å². The molecular formula is C12H16N4O3S. The molecule has 1 aromatic carbocycles.